The Morgan fingerprint density at radius 2 is 2.10 bits per heavy atom. The number of hydrogen-bond acceptors (Lipinski definition) is 5. The van der Waals surface area contributed by atoms with E-state index in [2.05, 4.69) is 10.3 Å². The summed E-state index contributed by atoms with van der Waals surface area (Å²) in [5.41, 5.74) is 2.05. The summed E-state index contributed by atoms with van der Waals surface area (Å²) in [6.07, 6.45) is -0.556. The van der Waals surface area contributed by atoms with E-state index in [1.165, 1.54) is 23.5 Å². The number of nitrogens with one attached hydrogen (secondary N) is 1. The molecule has 1 N–H and O–H groups in total. The van der Waals surface area contributed by atoms with Crippen LogP contribution in [0.15, 0.2) is 42.5 Å². The van der Waals surface area contributed by atoms with Gasteiger partial charge in [0.15, 0.2) is 5.13 Å². The Balaban J connectivity index is 1.68. The lowest BCUT2D eigenvalue weighted by molar-refractivity contribution is 0.0437. The average Bonchev–Trinajstić information content (AvgIpc) is 3.01. The molecule has 0 fully saturated rings. The van der Waals surface area contributed by atoms with Crippen LogP contribution in [0, 0.1) is 5.82 Å². The van der Waals surface area contributed by atoms with Gasteiger partial charge in [0.1, 0.15) is 5.82 Å². The number of hydrogen-bond donors (Lipinski definition) is 1. The third-order valence-corrected chi connectivity index (χ3v) is 4.24. The number of nitrogens with zero attached hydrogens (tertiary/aromatic N) is 1. The highest BCUT2D eigenvalue weighted by molar-refractivity contribution is 7.22. The van der Waals surface area contributed by atoms with E-state index in [0.717, 1.165) is 10.3 Å². The summed E-state index contributed by atoms with van der Waals surface area (Å²) in [4.78, 5) is 16.1. The van der Waals surface area contributed by atoms with Gasteiger partial charge in [-0.25, -0.2) is 14.2 Å². The molecule has 104 valence electrons. The van der Waals surface area contributed by atoms with Crippen LogP contribution in [0.4, 0.5) is 9.52 Å². The molecular formula is C15H9FN2O2S. The zero-order valence-corrected chi connectivity index (χ0v) is 11.5. The van der Waals surface area contributed by atoms with Crippen molar-refractivity contribution in [1.82, 2.24) is 4.98 Å². The highest BCUT2D eigenvalue weighted by atomic mass is 32.1. The molecule has 4 nitrogen and oxygen atoms in total. The van der Waals surface area contributed by atoms with Gasteiger partial charge in [0.2, 0.25) is 6.23 Å². The van der Waals surface area contributed by atoms with E-state index >= 15 is 0 Å². The molecule has 0 radical (unpaired) electrons. The second kappa shape index (κ2) is 4.53. The minimum Gasteiger partial charge on any atom is -0.434 e. The second-order valence-corrected chi connectivity index (χ2v) is 5.68. The Kier molecular flexibility index (Phi) is 2.65. The van der Waals surface area contributed by atoms with Crippen molar-refractivity contribution in [1.29, 1.82) is 0 Å². The molecule has 1 aliphatic heterocycles. The molecule has 0 aliphatic carbocycles. The van der Waals surface area contributed by atoms with Crippen LogP contribution in [-0.2, 0) is 4.74 Å². The molecule has 1 aromatic heterocycles. The SMILES string of the molecule is O=C1OC(Nc2nc3ccc(F)cc3s2)c2ccccc21. The van der Waals surface area contributed by atoms with E-state index in [1.54, 1.807) is 18.2 Å². The minimum absolute atomic E-state index is 0.296. The van der Waals surface area contributed by atoms with Gasteiger partial charge in [0.25, 0.3) is 0 Å². The first-order valence-corrected chi connectivity index (χ1v) is 7.15. The molecule has 21 heavy (non-hydrogen) atoms. The number of rotatable bonds is 2. The Labute approximate surface area is 123 Å². The second-order valence-electron chi connectivity index (χ2n) is 4.65. The lowest BCUT2D eigenvalue weighted by Gasteiger charge is -2.11. The maximum atomic E-state index is 13.2. The number of carbonyl (C=O) groups excluding carboxylic acids is 1. The van der Waals surface area contributed by atoms with Crippen molar-refractivity contribution in [2.75, 3.05) is 5.32 Å². The van der Waals surface area contributed by atoms with Gasteiger partial charge in [-0.1, -0.05) is 29.5 Å². The smallest absolute Gasteiger partial charge is 0.340 e. The third kappa shape index (κ3) is 2.04. The predicted molar refractivity (Wildman–Crippen MR) is 77.8 cm³/mol. The molecular weight excluding hydrogens is 291 g/mol. The number of anilines is 1. The molecule has 1 atom stereocenters. The average molecular weight is 300 g/mol. The number of ether oxygens (including phenoxy) is 1. The number of fused-ring (bicyclic) bond motifs is 2. The van der Waals surface area contributed by atoms with Crippen molar-refractivity contribution in [2.45, 2.75) is 6.23 Å². The molecule has 0 amide bonds. The lowest BCUT2D eigenvalue weighted by atomic mass is 10.1. The monoisotopic (exact) mass is 300 g/mol. The quantitative estimate of drug-likeness (QED) is 0.733. The third-order valence-electron chi connectivity index (χ3n) is 3.29. The fraction of sp³-hybridized carbons (Fsp3) is 0.0667. The summed E-state index contributed by atoms with van der Waals surface area (Å²) in [5.74, 6) is -0.648. The van der Waals surface area contributed by atoms with Gasteiger partial charge in [-0.05, 0) is 24.3 Å². The van der Waals surface area contributed by atoms with Gasteiger partial charge >= 0.3 is 5.97 Å². The summed E-state index contributed by atoms with van der Waals surface area (Å²) < 4.78 is 19.2. The number of thiazole rings is 1. The fourth-order valence-electron chi connectivity index (χ4n) is 2.33. The van der Waals surface area contributed by atoms with Gasteiger partial charge in [-0.2, -0.15) is 0 Å². The first kappa shape index (κ1) is 12.3. The number of aromatic nitrogens is 1. The molecule has 0 saturated heterocycles. The largest absolute Gasteiger partial charge is 0.434 e. The maximum Gasteiger partial charge on any atom is 0.340 e. The highest BCUT2D eigenvalue weighted by Gasteiger charge is 2.30. The van der Waals surface area contributed by atoms with Crippen LogP contribution < -0.4 is 5.32 Å². The molecule has 0 bridgehead atoms. The molecule has 6 heteroatoms. The van der Waals surface area contributed by atoms with E-state index in [-0.39, 0.29) is 11.8 Å². The number of benzene rings is 2. The van der Waals surface area contributed by atoms with E-state index in [4.69, 9.17) is 4.74 Å². The first-order valence-electron chi connectivity index (χ1n) is 6.33. The Bertz CT molecular complexity index is 862. The topological polar surface area (TPSA) is 51.2 Å². The van der Waals surface area contributed by atoms with Gasteiger partial charge in [-0.3, -0.25) is 0 Å². The molecule has 2 heterocycles. The van der Waals surface area contributed by atoms with E-state index < -0.39 is 6.23 Å². The number of esters is 1. The Hall–Kier alpha value is -2.47. The summed E-state index contributed by atoms with van der Waals surface area (Å²) >= 11 is 1.32. The van der Waals surface area contributed by atoms with Gasteiger partial charge < -0.3 is 10.1 Å². The van der Waals surface area contributed by atoms with Gasteiger partial charge in [0.05, 0.1) is 15.8 Å². The molecule has 2 aromatic carbocycles. The summed E-state index contributed by atoms with van der Waals surface area (Å²) in [6, 6.07) is 11.6. The van der Waals surface area contributed by atoms with E-state index in [0.29, 0.717) is 16.2 Å². The molecule has 1 aliphatic rings. The van der Waals surface area contributed by atoms with Crippen molar-refractivity contribution in [3.05, 3.63) is 59.4 Å². The molecule has 0 spiro atoms. The van der Waals surface area contributed by atoms with Crippen molar-refractivity contribution in [2.24, 2.45) is 0 Å². The van der Waals surface area contributed by atoms with Crippen LogP contribution in [0.25, 0.3) is 10.2 Å². The van der Waals surface area contributed by atoms with Crippen LogP contribution >= 0.6 is 11.3 Å². The molecule has 3 aromatic rings. The number of carbonyl (C=O) groups is 1. The van der Waals surface area contributed by atoms with Crippen molar-refractivity contribution < 1.29 is 13.9 Å². The van der Waals surface area contributed by atoms with Gasteiger partial charge in [0, 0.05) is 5.56 Å². The standard InChI is InChI=1S/C15H9FN2O2S/c16-8-5-6-11-12(7-8)21-15(17-11)18-13-9-3-1-2-4-10(9)14(19)20-13/h1-7,13H,(H,17,18). The highest BCUT2D eigenvalue weighted by Crippen LogP contribution is 2.34. The molecule has 0 saturated carbocycles. The van der Waals surface area contributed by atoms with Crippen LogP contribution in [-0.4, -0.2) is 11.0 Å². The summed E-state index contributed by atoms with van der Waals surface area (Å²) in [6.45, 7) is 0. The lowest BCUT2D eigenvalue weighted by Crippen LogP contribution is -2.09. The Morgan fingerprint density at radius 1 is 1.24 bits per heavy atom. The van der Waals surface area contributed by atoms with Crippen LogP contribution in [0.1, 0.15) is 22.1 Å². The van der Waals surface area contributed by atoms with Crippen molar-refractivity contribution in [3.8, 4) is 0 Å². The van der Waals surface area contributed by atoms with Crippen LogP contribution in [0.3, 0.4) is 0 Å². The van der Waals surface area contributed by atoms with Crippen molar-refractivity contribution >= 4 is 32.7 Å². The van der Waals surface area contributed by atoms with Crippen molar-refractivity contribution in [3.63, 3.8) is 0 Å². The predicted octanol–water partition coefficient (Wildman–Crippen LogP) is 3.72. The van der Waals surface area contributed by atoms with Gasteiger partial charge in [-0.15, -0.1) is 0 Å². The first-order chi connectivity index (χ1) is 10.2. The van der Waals surface area contributed by atoms with Crippen LogP contribution in [0.2, 0.25) is 0 Å². The molecule has 4 rings (SSSR count). The molecule has 1 unspecified atom stereocenters. The number of cyclic esters (lactones) is 1. The Morgan fingerprint density at radius 3 is 3.00 bits per heavy atom. The van der Waals surface area contributed by atoms with E-state index in [9.17, 15) is 9.18 Å². The van der Waals surface area contributed by atoms with Crippen LogP contribution in [0.5, 0.6) is 0 Å². The maximum absolute atomic E-state index is 13.2. The number of halogens is 1. The summed E-state index contributed by atoms with van der Waals surface area (Å²) in [5, 5.41) is 3.67. The minimum atomic E-state index is -0.556. The zero-order valence-electron chi connectivity index (χ0n) is 10.7. The normalized spacial score (nSPS) is 16.8. The fourth-order valence-corrected chi connectivity index (χ4v) is 3.23. The summed E-state index contributed by atoms with van der Waals surface area (Å²) in [7, 11) is 0. The van der Waals surface area contributed by atoms with E-state index in [1.807, 2.05) is 12.1 Å². The zero-order chi connectivity index (χ0) is 14.4.